The van der Waals surface area contributed by atoms with E-state index in [2.05, 4.69) is 4.90 Å². The summed E-state index contributed by atoms with van der Waals surface area (Å²) in [5.74, 6) is -0.444. The summed E-state index contributed by atoms with van der Waals surface area (Å²) in [6.07, 6.45) is 3.01. The van der Waals surface area contributed by atoms with Gasteiger partial charge in [-0.15, -0.1) is 0 Å². The summed E-state index contributed by atoms with van der Waals surface area (Å²) < 4.78 is 12.0. The first-order valence-electron chi connectivity index (χ1n) is 10.9. The molecule has 0 radical (unpaired) electrons. The standard InChI is InChI=1S/C25H29NO4/c1-17(16-26-14-7-4-8-15-26)29-25(28)21-13-9-12-20-22(27)18(2)23(30-24(20)21)19-10-5-3-6-11-19/h3,5-6,9-13,17-18,23H,4,7-8,14-16H2,1-2H3. The number of hydrogen-bond donors (Lipinski definition) is 0. The molecular weight excluding hydrogens is 378 g/mol. The zero-order valence-electron chi connectivity index (χ0n) is 17.7. The third-order valence-electron chi connectivity index (χ3n) is 6.01. The fraction of sp³-hybridized carbons (Fsp3) is 0.440. The number of Topliss-reactive ketones (excluding diaryl/α,β-unsaturated/α-hetero) is 1. The van der Waals surface area contributed by atoms with Crippen molar-refractivity contribution >= 4 is 11.8 Å². The highest BCUT2D eigenvalue weighted by molar-refractivity contribution is 6.05. The van der Waals surface area contributed by atoms with E-state index in [1.807, 2.05) is 44.2 Å². The van der Waals surface area contributed by atoms with Crippen molar-refractivity contribution in [1.29, 1.82) is 0 Å². The number of benzene rings is 2. The van der Waals surface area contributed by atoms with Gasteiger partial charge in [0.05, 0.1) is 11.5 Å². The Hall–Kier alpha value is -2.66. The topological polar surface area (TPSA) is 55.8 Å². The molecule has 30 heavy (non-hydrogen) atoms. The fourth-order valence-electron chi connectivity index (χ4n) is 4.42. The Labute approximate surface area is 178 Å². The molecule has 0 aromatic heterocycles. The molecule has 4 rings (SSSR count). The molecule has 0 N–H and O–H groups in total. The van der Waals surface area contributed by atoms with Crippen molar-refractivity contribution in [3.8, 4) is 5.75 Å². The second-order valence-electron chi connectivity index (χ2n) is 8.36. The lowest BCUT2D eigenvalue weighted by molar-refractivity contribution is 0.0226. The van der Waals surface area contributed by atoms with Gasteiger partial charge in [-0.1, -0.05) is 49.7 Å². The van der Waals surface area contributed by atoms with E-state index in [1.165, 1.54) is 19.3 Å². The molecule has 3 unspecified atom stereocenters. The minimum atomic E-state index is -0.439. The van der Waals surface area contributed by atoms with Gasteiger partial charge >= 0.3 is 5.97 Å². The van der Waals surface area contributed by atoms with E-state index in [0.717, 1.165) is 25.2 Å². The van der Waals surface area contributed by atoms with Gasteiger partial charge < -0.3 is 9.47 Å². The van der Waals surface area contributed by atoms with Gasteiger partial charge in [0, 0.05) is 6.54 Å². The molecule has 158 valence electrons. The van der Waals surface area contributed by atoms with Gasteiger partial charge in [-0.2, -0.15) is 0 Å². The van der Waals surface area contributed by atoms with E-state index < -0.39 is 12.1 Å². The van der Waals surface area contributed by atoms with E-state index in [-0.39, 0.29) is 17.8 Å². The van der Waals surface area contributed by atoms with Gasteiger partial charge in [0.2, 0.25) is 0 Å². The average molecular weight is 408 g/mol. The van der Waals surface area contributed by atoms with E-state index in [9.17, 15) is 9.59 Å². The zero-order chi connectivity index (χ0) is 21.1. The number of ether oxygens (including phenoxy) is 2. The van der Waals surface area contributed by atoms with Crippen molar-refractivity contribution in [3.05, 3.63) is 65.2 Å². The van der Waals surface area contributed by atoms with E-state index >= 15 is 0 Å². The molecule has 3 atom stereocenters. The Morgan fingerprint density at radius 3 is 2.57 bits per heavy atom. The summed E-state index contributed by atoms with van der Waals surface area (Å²) in [7, 11) is 0. The molecule has 0 aliphatic carbocycles. The number of para-hydroxylation sites is 1. The molecule has 2 aliphatic rings. The summed E-state index contributed by atoms with van der Waals surface area (Å²) in [5, 5.41) is 0. The van der Waals surface area contributed by atoms with E-state index in [1.54, 1.807) is 18.2 Å². The van der Waals surface area contributed by atoms with Crippen molar-refractivity contribution in [2.24, 2.45) is 5.92 Å². The average Bonchev–Trinajstić information content (AvgIpc) is 2.77. The number of nitrogens with zero attached hydrogens (tertiary/aromatic N) is 1. The van der Waals surface area contributed by atoms with Gasteiger partial charge in [-0.05, 0) is 50.6 Å². The summed E-state index contributed by atoms with van der Waals surface area (Å²) >= 11 is 0. The number of rotatable bonds is 5. The molecule has 2 aromatic carbocycles. The molecule has 5 nitrogen and oxygen atoms in total. The number of piperidine rings is 1. The molecule has 2 aromatic rings. The lowest BCUT2D eigenvalue weighted by Crippen LogP contribution is -2.37. The second-order valence-corrected chi connectivity index (χ2v) is 8.36. The van der Waals surface area contributed by atoms with Crippen molar-refractivity contribution < 1.29 is 19.1 Å². The van der Waals surface area contributed by atoms with Crippen LogP contribution in [0, 0.1) is 5.92 Å². The van der Waals surface area contributed by atoms with Gasteiger partial charge in [0.15, 0.2) is 5.78 Å². The van der Waals surface area contributed by atoms with Crippen LogP contribution in [0.4, 0.5) is 0 Å². The molecular formula is C25H29NO4. The molecule has 2 heterocycles. The predicted octanol–water partition coefficient (Wildman–Crippen LogP) is 4.67. The van der Waals surface area contributed by atoms with Crippen LogP contribution in [-0.4, -0.2) is 42.4 Å². The van der Waals surface area contributed by atoms with Gasteiger partial charge in [0.25, 0.3) is 0 Å². The van der Waals surface area contributed by atoms with Crippen LogP contribution in [0.25, 0.3) is 0 Å². The number of esters is 1. The second kappa shape index (κ2) is 9.00. The van der Waals surface area contributed by atoms with Crippen molar-refractivity contribution in [3.63, 3.8) is 0 Å². The minimum Gasteiger partial charge on any atom is -0.483 e. The monoisotopic (exact) mass is 407 g/mol. The third kappa shape index (κ3) is 4.26. The van der Waals surface area contributed by atoms with Gasteiger partial charge in [-0.25, -0.2) is 4.79 Å². The zero-order valence-corrected chi connectivity index (χ0v) is 17.7. The molecule has 0 spiro atoms. The number of carbonyl (C=O) groups is 2. The summed E-state index contributed by atoms with van der Waals surface area (Å²) in [6, 6.07) is 14.8. The molecule has 2 aliphatic heterocycles. The van der Waals surface area contributed by atoms with Crippen LogP contribution >= 0.6 is 0 Å². The Balaban J connectivity index is 1.54. The number of carbonyl (C=O) groups excluding carboxylic acids is 2. The Kier molecular flexibility index (Phi) is 6.18. The minimum absolute atomic E-state index is 0.0129. The first kappa shape index (κ1) is 20.6. The smallest absolute Gasteiger partial charge is 0.342 e. The Morgan fingerprint density at radius 2 is 1.83 bits per heavy atom. The van der Waals surface area contributed by atoms with Crippen LogP contribution in [-0.2, 0) is 4.74 Å². The van der Waals surface area contributed by atoms with Gasteiger partial charge in [0.1, 0.15) is 23.5 Å². The lowest BCUT2D eigenvalue weighted by atomic mass is 9.86. The number of fused-ring (bicyclic) bond motifs is 1. The maximum absolute atomic E-state index is 13.0. The third-order valence-corrected chi connectivity index (χ3v) is 6.01. The molecule has 5 heteroatoms. The summed E-state index contributed by atoms with van der Waals surface area (Å²) in [5.41, 5.74) is 1.69. The maximum atomic E-state index is 13.0. The predicted molar refractivity (Wildman–Crippen MR) is 115 cm³/mol. The SMILES string of the molecule is CC(CN1CCCCC1)OC(=O)c1cccc2c1OC(c1ccccc1)C(C)C2=O. The quantitative estimate of drug-likeness (QED) is 0.674. The molecule has 1 saturated heterocycles. The highest BCUT2D eigenvalue weighted by Crippen LogP contribution is 2.40. The summed E-state index contributed by atoms with van der Waals surface area (Å²) in [4.78, 5) is 28.3. The molecule has 0 amide bonds. The van der Waals surface area contributed by atoms with Gasteiger partial charge in [-0.3, -0.25) is 9.69 Å². The number of hydrogen-bond acceptors (Lipinski definition) is 5. The Morgan fingerprint density at radius 1 is 1.10 bits per heavy atom. The molecule has 1 fully saturated rings. The summed E-state index contributed by atoms with van der Waals surface area (Å²) in [6.45, 7) is 6.62. The van der Waals surface area contributed by atoms with Crippen LogP contribution in [0.15, 0.2) is 48.5 Å². The largest absolute Gasteiger partial charge is 0.483 e. The van der Waals surface area contributed by atoms with Crippen LogP contribution in [0.3, 0.4) is 0 Å². The first-order chi connectivity index (χ1) is 14.5. The number of likely N-dealkylation sites (tertiary alicyclic amines) is 1. The van der Waals surface area contributed by atoms with Crippen LogP contribution in [0.1, 0.15) is 65.5 Å². The molecule has 0 bridgehead atoms. The van der Waals surface area contributed by atoms with Crippen LogP contribution in [0.2, 0.25) is 0 Å². The van der Waals surface area contributed by atoms with E-state index in [4.69, 9.17) is 9.47 Å². The van der Waals surface area contributed by atoms with Crippen LogP contribution in [0.5, 0.6) is 5.75 Å². The Bertz CT molecular complexity index is 905. The lowest BCUT2D eigenvalue weighted by Gasteiger charge is -2.32. The fourth-order valence-corrected chi connectivity index (χ4v) is 4.42. The van der Waals surface area contributed by atoms with Crippen molar-refractivity contribution in [1.82, 2.24) is 4.90 Å². The number of ketones is 1. The van der Waals surface area contributed by atoms with E-state index in [0.29, 0.717) is 16.9 Å². The highest BCUT2D eigenvalue weighted by atomic mass is 16.5. The normalized spacial score (nSPS) is 22.7. The highest BCUT2D eigenvalue weighted by Gasteiger charge is 2.37. The maximum Gasteiger partial charge on any atom is 0.342 e. The van der Waals surface area contributed by atoms with Crippen molar-refractivity contribution in [2.75, 3.05) is 19.6 Å². The van der Waals surface area contributed by atoms with Crippen LogP contribution < -0.4 is 4.74 Å². The first-order valence-corrected chi connectivity index (χ1v) is 10.9. The molecule has 0 saturated carbocycles. The van der Waals surface area contributed by atoms with Crippen molar-refractivity contribution in [2.45, 2.75) is 45.3 Å².